The fourth-order valence-electron chi connectivity index (χ4n) is 3.96. The molecule has 120 valence electrons. The van der Waals surface area contributed by atoms with Crippen LogP contribution in [0.15, 0.2) is 52.2 Å². The minimum Gasteiger partial charge on any atom is -0.300 e. The van der Waals surface area contributed by atoms with E-state index in [1.807, 2.05) is 24.6 Å². The number of Topliss-reactive ketones (excluding diaryl/α,β-unsaturated/α-hetero) is 1. The van der Waals surface area contributed by atoms with Crippen molar-refractivity contribution in [3.05, 3.63) is 47.2 Å². The highest BCUT2D eigenvalue weighted by atomic mass is 16.1. The molecule has 2 aliphatic heterocycles. The predicted octanol–water partition coefficient (Wildman–Crippen LogP) is 3.60. The Labute approximate surface area is 138 Å². The zero-order valence-corrected chi connectivity index (χ0v) is 13.6. The average Bonchev–Trinajstić information content (AvgIpc) is 2.87. The van der Waals surface area contributed by atoms with E-state index < -0.39 is 0 Å². The fourth-order valence-corrected chi connectivity index (χ4v) is 3.96. The van der Waals surface area contributed by atoms with E-state index >= 15 is 0 Å². The van der Waals surface area contributed by atoms with Crippen LogP contribution < -0.4 is 0 Å². The van der Waals surface area contributed by atoms with E-state index in [0.717, 1.165) is 37.4 Å². The third-order valence-electron chi connectivity index (χ3n) is 5.54. The highest BCUT2D eigenvalue weighted by Crippen LogP contribution is 2.31. The SMILES string of the molecule is O=C(C1=CC2=CC=NC=C(C=C1)C2)C1CCCN(C2CCC2)C1. The van der Waals surface area contributed by atoms with Crippen molar-refractivity contribution in [2.75, 3.05) is 13.1 Å². The molecular formula is C20H24N2O. The topological polar surface area (TPSA) is 32.7 Å². The molecule has 0 spiro atoms. The van der Waals surface area contributed by atoms with Crippen LogP contribution in [-0.2, 0) is 4.79 Å². The fraction of sp³-hybridized carbons (Fsp3) is 0.500. The van der Waals surface area contributed by atoms with Gasteiger partial charge in [-0.25, -0.2) is 0 Å². The van der Waals surface area contributed by atoms with Gasteiger partial charge in [0.05, 0.1) is 0 Å². The number of nitrogens with zero attached hydrogens (tertiary/aromatic N) is 2. The van der Waals surface area contributed by atoms with Crippen LogP contribution in [-0.4, -0.2) is 36.0 Å². The van der Waals surface area contributed by atoms with Crippen molar-refractivity contribution in [2.45, 2.75) is 44.6 Å². The van der Waals surface area contributed by atoms with E-state index in [9.17, 15) is 4.79 Å². The molecule has 1 atom stereocenters. The maximum Gasteiger partial charge on any atom is 0.167 e. The molecule has 2 aliphatic carbocycles. The number of carbonyl (C=O) groups excluding carboxylic acids is 1. The molecule has 2 bridgehead atoms. The first-order valence-electron chi connectivity index (χ1n) is 8.89. The van der Waals surface area contributed by atoms with Crippen molar-refractivity contribution >= 4 is 12.0 Å². The van der Waals surface area contributed by atoms with Gasteiger partial charge in [-0.15, -0.1) is 0 Å². The summed E-state index contributed by atoms with van der Waals surface area (Å²) in [6.45, 7) is 2.13. The molecule has 3 nitrogen and oxygen atoms in total. The van der Waals surface area contributed by atoms with Gasteiger partial charge >= 0.3 is 0 Å². The first-order valence-corrected chi connectivity index (χ1v) is 8.89. The Kier molecular flexibility index (Phi) is 4.13. The van der Waals surface area contributed by atoms with Crippen LogP contribution in [0.2, 0.25) is 0 Å². The standard InChI is InChI=1S/C20H24N2O/c23-20(18-3-2-10-22(14-18)19-4-1-5-19)17-7-6-16-11-15(12-17)8-9-21-13-16/h6-9,12-13,18-19H,1-5,10-11,14H2. The van der Waals surface area contributed by atoms with Gasteiger partial charge in [-0.2, -0.15) is 0 Å². The van der Waals surface area contributed by atoms with Gasteiger partial charge in [0.1, 0.15) is 0 Å². The number of carbonyl (C=O) groups is 1. The molecule has 2 fully saturated rings. The molecule has 0 aromatic rings. The van der Waals surface area contributed by atoms with Gasteiger partial charge in [-0.05, 0) is 61.9 Å². The predicted molar refractivity (Wildman–Crippen MR) is 93.4 cm³/mol. The Morgan fingerprint density at radius 1 is 1.13 bits per heavy atom. The van der Waals surface area contributed by atoms with Crippen molar-refractivity contribution in [3.8, 4) is 0 Å². The highest BCUT2D eigenvalue weighted by Gasteiger charge is 2.33. The van der Waals surface area contributed by atoms with Crippen molar-refractivity contribution in [3.63, 3.8) is 0 Å². The number of ketones is 1. The van der Waals surface area contributed by atoms with Gasteiger partial charge < -0.3 is 0 Å². The molecule has 1 unspecified atom stereocenters. The Morgan fingerprint density at radius 3 is 2.87 bits per heavy atom. The quantitative estimate of drug-likeness (QED) is 0.798. The van der Waals surface area contributed by atoms with Gasteiger partial charge in [0, 0.05) is 36.5 Å². The summed E-state index contributed by atoms with van der Waals surface area (Å²) in [4.78, 5) is 19.8. The second-order valence-electron chi connectivity index (χ2n) is 7.14. The summed E-state index contributed by atoms with van der Waals surface area (Å²) in [7, 11) is 0. The number of likely N-dealkylation sites (tertiary alicyclic amines) is 1. The molecule has 3 heteroatoms. The summed E-state index contributed by atoms with van der Waals surface area (Å²) in [6, 6.07) is 0.746. The van der Waals surface area contributed by atoms with E-state index in [-0.39, 0.29) is 5.92 Å². The largest absolute Gasteiger partial charge is 0.300 e. The molecule has 0 N–H and O–H groups in total. The van der Waals surface area contributed by atoms with Gasteiger partial charge in [-0.1, -0.05) is 18.6 Å². The maximum atomic E-state index is 13.0. The molecule has 1 saturated carbocycles. The van der Waals surface area contributed by atoms with Crippen LogP contribution in [0.1, 0.15) is 38.5 Å². The lowest BCUT2D eigenvalue weighted by atomic mass is 9.85. The third kappa shape index (κ3) is 3.16. The molecule has 23 heavy (non-hydrogen) atoms. The van der Waals surface area contributed by atoms with Gasteiger partial charge in [0.15, 0.2) is 5.78 Å². The van der Waals surface area contributed by atoms with E-state index in [0.29, 0.717) is 5.78 Å². The Morgan fingerprint density at radius 2 is 2.04 bits per heavy atom. The van der Waals surface area contributed by atoms with Gasteiger partial charge in [-0.3, -0.25) is 14.7 Å². The van der Waals surface area contributed by atoms with E-state index in [1.54, 1.807) is 0 Å². The number of piperidine rings is 1. The third-order valence-corrected chi connectivity index (χ3v) is 5.54. The lowest BCUT2D eigenvalue weighted by Crippen LogP contribution is -2.47. The Bertz CT molecular complexity index is 647. The van der Waals surface area contributed by atoms with Crippen LogP contribution in [0.4, 0.5) is 0 Å². The van der Waals surface area contributed by atoms with E-state index in [1.165, 1.54) is 37.0 Å². The highest BCUT2D eigenvalue weighted by molar-refractivity contribution is 6.00. The molecule has 1 saturated heterocycles. The molecule has 0 aromatic heterocycles. The normalized spacial score (nSPS) is 28.2. The molecule has 0 aromatic carbocycles. The first-order chi connectivity index (χ1) is 11.3. The van der Waals surface area contributed by atoms with E-state index in [4.69, 9.17) is 0 Å². The minimum absolute atomic E-state index is 0.170. The second-order valence-corrected chi connectivity index (χ2v) is 7.14. The average molecular weight is 308 g/mol. The second kappa shape index (κ2) is 6.40. The number of hydrogen-bond acceptors (Lipinski definition) is 3. The van der Waals surface area contributed by atoms with Crippen LogP contribution >= 0.6 is 0 Å². The van der Waals surface area contributed by atoms with E-state index in [2.05, 4.69) is 22.0 Å². The van der Waals surface area contributed by atoms with Crippen molar-refractivity contribution in [2.24, 2.45) is 10.9 Å². The van der Waals surface area contributed by atoms with Crippen LogP contribution in [0.25, 0.3) is 0 Å². The Hall–Kier alpha value is -1.74. The molecular weight excluding hydrogens is 284 g/mol. The lowest BCUT2D eigenvalue weighted by Gasteiger charge is -2.42. The van der Waals surface area contributed by atoms with Crippen LogP contribution in [0, 0.1) is 5.92 Å². The molecule has 2 heterocycles. The number of allylic oxidation sites excluding steroid dienone is 7. The zero-order chi connectivity index (χ0) is 15.6. The Balaban J connectivity index is 1.51. The number of rotatable bonds is 3. The number of aliphatic imine (C=N–C) groups is 1. The molecule has 4 aliphatic rings. The summed E-state index contributed by atoms with van der Waals surface area (Å²) in [5.74, 6) is 0.499. The van der Waals surface area contributed by atoms with Gasteiger partial charge in [0.25, 0.3) is 0 Å². The van der Waals surface area contributed by atoms with Crippen molar-refractivity contribution in [1.29, 1.82) is 0 Å². The smallest absolute Gasteiger partial charge is 0.167 e. The lowest BCUT2D eigenvalue weighted by molar-refractivity contribution is -0.121. The monoisotopic (exact) mass is 308 g/mol. The zero-order valence-electron chi connectivity index (χ0n) is 13.6. The number of fused-ring (bicyclic) bond motifs is 2. The number of hydrogen-bond donors (Lipinski definition) is 0. The summed E-state index contributed by atoms with van der Waals surface area (Å²) < 4.78 is 0. The molecule has 0 radical (unpaired) electrons. The minimum atomic E-state index is 0.170. The van der Waals surface area contributed by atoms with Gasteiger partial charge in [0.2, 0.25) is 0 Å². The summed E-state index contributed by atoms with van der Waals surface area (Å²) in [6.07, 6.45) is 18.9. The summed E-state index contributed by atoms with van der Waals surface area (Å²) in [5.41, 5.74) is 3.22. The summed E-state index contributed by atoms with van der Waals surface area (Å²) >= 11 is 0. The van der Waals surface area contributed by atoms with Crippen LogP contribution in [0.3, 0.4) is 0 Å². The first kappa shape index (κ1) is 14.8. The molecule has 4 rings (SSSR count). The summed E-state index contributed by atoms with van der Waals surface area (Å²) in [5, 5.41) is 0. The van der Waals surface area contributed by atoms with Crippen molar-refractivity contribution in [1.82, 2.24) is 4.90 Å². The van der Waals surface area contributed by atoms with Crippen LogP contribution in [0.5, 0.6) is 0 Å². The molecule has 0 amide bonds. The maximum absolute atomic E-state index is 13.0. The van der Waals surface area contributed by atoms with Crippen molar-refractivity contribution < 1.29 is 4.79 Å².